The van der Waals surface area contributed by atoms with E-state index in [1.807, 2.05) is 0 Å². The summed E-state index contributed by atoms with van der Waals surface area (Å²) in [6.07, 6.45) is -5.94. The Labute approximate surface area is 114 Å². The third-order valence-corrected chi connectivity index (χ3v) is 3.03. The van der Waals surface area contributed by atoms with Crippen LogP contribution in [0.25, 0.3) is 0 Å². The molecule has 0 aromatic heterocycles. The van der Waals surface area contributed by atoms with Crippen LogP contribution in [0.5, 0.6) is 0 Å². The van der Waals surface area contributed by atoms with Crippen LogP contribution in [-0.2, 0) is 4.74 Å². The number of halogens is 3. The highest BCUT2D eigenvalue weighted by Gasteiger charge is 2.43. The zero-order valence-electron chi connectivity index (χ0n) is 11.2. The maximum atomic E-state index is 12.4. The fourth-order valence-electron chi connectivity index (χ4n) is 1.69. The van der Waals surface area contributed by atoms with Crippen molar-refractivity contribution < 1.29 is 23.0 Å². The van der Waals surface area contributed by atoms with E-state index in [2.05, 4.69) is 5.32 Å². The van der Waals surface area contributed by atoms with Crippen LogP contribution in [-0.4, -0.2) is 55.5 Å². The maximum absolute atomic E-state index is 12.4. The number of aliphatic hydroxyl groups excluding tert-OH is 1. The van der Waals surface area contributed by atoms with Gasteiger partial charge in [0.2, 0.25) is 6.23 Å². The van der Waals surface area contributed by atoms with Crippen LogP contribution in [0.3, 0.4) is 0 Å². The average Bonchev–Trinajstić information content (AvgIpc) is 2.43. The molecule has 0 fully saturated rings. The first-order valence-corrected chi connectivity index (χ1v) is 5.83. The zero-order valence-corrected chi connectivity index (χ0v) is 11.2. The SMILES string of the molecule is COC(N)C1=CC=C(C(N)N(C)C(O)C(F)(F)F)CN1. The molecule has 0 aromatic carbocycles. The van der Waals surface area contributed by atoms with E-state index in [4.69, 9.17) is 21.3 Å². The number of ether oxygens (including phenoxy) is 1. The molecule has 0 saturated carbocycles. The number of allylic oxidation sites excluding steroid dienone is 2. The molecule has 3 unspecified atom stereocenters. The van der Waals surface area contributed by atoms with Gasteiger partial charge in [0.1, 0.15) is 6.23 Å². The molecule has 1 aliphatic heterocycles. The molecule has 1 heterocycles. The van der Waals surface area contributed by atoms with Crippen molar-refractivity contribution in [3.63, 3.8) is 0 Å². The molecule has 1 aliphatic rings. The van der Waals surface area contributed by atoms with Crippen molar-refractivity contribution in [2.75, 3.05) is 20.7 Å². The minimum Gasteiger partial charge on any atom is -0.381 e. The first-order valence-electron chi connectivity index (χ1n) is 5.83. The Kier molecular flexibility index (Phi) is 5.54. The van der Waals surface area contributed by atoms with Crippen molar-refractivity contribution in [2.24, 2.45) is 11.5 Å². The summed E-state index contributed by atoms with van der Waals surface area (Å²) >= 11 is 0. The quantitative estimate of drug-likeness (QED) is 0.507. The molecule has 6 nitrogen and oxygen atoms in total. The largest absolute Gasteiger partial charge is 0.428 e. The Balaban J connectivity index is 2.77. The summed E-state index contributed by atoms with van der Waals surface area (Å²) in [5.41, 5.74) is 12.4. The molecule has 116 valence electrons. The van der Waals surface area contributed by atoms with E-state index in [0.717, 1.165) is 7.05 Å². The van der Waals surface area contributed by atoms with Crippen molar-refractivity contribution in [1.29, 1.82) is 0 Å². The molecule has 0 radical (unpaired) electrons. The molecule has 0 aliphatic carbocycles. The van der Waals surface area contributed by atoms with E-state index in [9.17, 15) is 13.2 Å². The Hall–Kier alpha value is -1.13. The highest BCUT2D eigenvalue weighted by Crippen LogP contribution is 2.24. The van der Waals surface area contributed by atoms with Crippen LogP contribution in [0, 0.1) is 0 Å². The molecule has 9 heteroatoms. The third-order valence-electron chi connectivity index (χ3n) is 3.03. The Morgan fingerprint density at radius 1 is 1.40 bits per heavy atom. The summed E-state index contributed by atoms with van der Waals surface area (Å²) in [5.74, 6) is 0. The summed E-state index contributed by atoms with van der Waals surface area (Å²) in [7, 11) is 2.54. The fourth-order valence-corrected chi connectivity index (χ4v) is 1.69. The standard InChI is InChI=1S/C11H19F3N4O2/c1-18(10(19)11(12,13)14)8(15)6-3-4-7(17-5-6)9(16)20-2/h3-4,8-10,17,19H,5,15-16H2,1-2H3. The number of aliphatic hydroxyl groups is 1. The average molecular weight is 296 g/mol. The van der Waals surface area contributed by atoms with E-state index in [0.29, 0.717) is 16.2 Å². The van der Waals surface area contributed by atoms with Gasteiger partial charge in [-0.1, -0.05) is 6.08 Å². The number of methoxy groups -OCH3 is 1. The summed E-state index contributed by atoms with van der Waals surface area (Å²) in [4.78, 5) is 0.641. The van der Waals surface area contributed by atoms with Crippen LogP contribution < -0.4 is 16.8 Å². The van der Waals surface area contributed by atoms with Gasteiger partial charge in [-0.15, -0.1) is 0 Å². The second kappa shape index (κ2) is 6.55. The van der Waals surface area contributed by atoms with Crippen molar-refractivity contribution in [2.45, 2.75) is 24.8 Å². The smallest absolute Gasteiger partial charge is 0.381 e. The summed E-state index contributed by atoms with van der Waals surface area (Å²) in [6.45, 7) is 0.221. The van der Waals surface area contributed by atoms with E-state index in [1.54, 1.807) is 12.2 Å². The number of alkyl halides is 3. The lowest BCUT2D eigenvalue weighted by molar-refractivity contribution is -0.250. The molecule has 20 heavy (non-hydrogen) atoms. The molecule has 0 spiro atoms. The second-order valence-electron chi connectivity index (χ2n) is 4.40. The molecule has 0 bridgehead atoms. The van der Waals surface area contributed by atoms with Crippen LogP contribution in [0.4, 0.5) is 13.2 Å². The van der Waals surface area contributed by atoms with Gasteiger partial charge in [-0.2, -0.15) is 13.2 Å². The molecular formula is C11H19F3N4O2. The summed E-state index contributed by atoms with van der Waals surface area (Å²) in [5, 5.41) is 12.1. The number of nitrogens with two attached hydrogens (primary N) is 2. The number of rotatable bonds is 5. The predicted molar refractivity (Wildman–Crippen MR) is 67.0 cm³/mol. The summed E-state index contributed by atoms with van der Waals surface area (Å²) < 4.78 is 42.1. The monoisotopic (exact) mass is 296 g/mol. The minimum absolute atomic E-state index is 0.221. The first-order chi connectivity index (χ1) is 9.18. The van der Waals surface area contributed by atoms with Gasteiger partial charge in [-0.3, -0.25) is 4.90 Å². The molecule has 6 N–H and O–H groups in total. The molecule has 0 saturated heterocycles. The van der Waals surface area contributed by atoms with E-state index >= 15 is 0 Å². The highest BCUT2D eigenvalue weighted by atomic mass is 19.4. The minimum atomic E-state index is -4.76. The predicted octanol–water partition coefficient (Wildman–Crippen LogP) is -0.572. The number of dihydropyridines is 1. The van der Waals surface area contributed by atoms with E-state index < -0.39 is 24.8 Å². The van der Waals surface area contributed by atoms with Gasteiger partial charge in [0.25, 0.3) is 0 Å². The lowest BCUT2D eigenvalue weighted by Crippen LogP contribution is -2.54. The van der Waals surface area contributed by atoms with Crippen molar-refractivity contribution >= 4 is 0 Å². The maximum Gasteiger partial charge on any atom is 0.428 e. The lowest BCUT2D eigenvalue weighted by atomic mass is 10.1. The van der Waals surface area contributed by atoms with Gasteiger partial charge in [0.05, 0.1) is 11.9 Å². The number of likely N-dealkylation sites (N-methyl/N-ethyl adjacent to an activating group) is 1. The van der Waals surface area contributed by atoms with Crippen molar-refractivity contribution in [1.82, 2.24) is 10.2 Å². The first kappa shape index (κ1) is 16.9. The topological polar surface area (TPSA) is 96.8 Å². The van der Waals surface area contributed by atoms with Crippen LogP contribution in [0.1, 0.15) is 0 Å². The molecular weight excluding hydrogens is 277 g/mol. The Morgan fingerprint density at radius 3 is 2.40 bits per heavy atom. The van der Waals surface area contributed by atoms with E-state index in [1.165, 1.54) is 7.11 Å². The molecule has 0 aromatic rings. The van der Waals surface area contributed by atoms with Gasteiger partial charge >= 0.3 is 6.18 Å². The number of hydrogen-bond acceptors (Lipinski definition) is 6. The van der Waals surface area contributed by atoms with Gasteiger partial charge in [-0.25, -0.2) is 0 Å². The van der Waals surface area contributed by atoms with Crippen LogP contribution >= 0.6 is 0 Å². The van der Waals surface area contributed by atoms with Gasteiger partial charge in [0.15, 0.2) is 0 Å². The highest BCUT2D eigenvalue weighted by molar-refractivity contribution is 5.28. The van der Waals surface area contributed by atoms with Crippen molar-refractivity contribution in [3.05, 3.63) is 23.4 Å². The zero-order chi connectivity index (χ0) is 15.5. The van der Waals surface area contributed by atoms with Gasteiger partial charge in [0, 0.05) is 13.7 Å². The molecule has 0 amide bonds. The Morgan fingerprint density at radius 2 is 2.00 bits per heavy atom. The normalized spacial score (nSPS) is 20.9. The fraction of sp³-hybridized carbons (Fsp3) is 0.636. The molecule has 1 rings (SSSR count). The lowest BCUT2D eigenvalue weighted by Gasteiger charge is -2.33. The summed E-state index contributed by atoms with van der Waals surface area (Å²) in [6, 6.07) is 0. The van der Waals surface area contributed by atoms with Gasteiger partial charge < -0.3 is 26.6 Å². The van der Waals surface area contributed by atoms with E-state index in [-0.39, 0.29) is 6.54 Å². The van der Waals surface area contributed by atoms with Gasteiger partial charge in [-0.05, 0) is 18.7 Å². The van der Waals surface area contributed by atoms with Crippen LogP contribution in [0.15, 0.2) is 23.4 Å². The van der Waals surface area contributed by atoms with Crippen LogP contribution in [0.2, 0.25) is 0 Å². The number of nitrogens with zero attached hydrogens (tertiary/aromatic N) is 1. The molecule has 3 atom stereocenters. The number of nitrogens with one attached hydrogen (secondary N) is 1. The second-order valence-corrected chi connectivity index (χ2v) is 4.40. The third kappa shape index (κ3) is 3.93. The Bertz CT molecular complexity index is 398. The van der Waals surface area contributed by atoms with Crippen molar-refractivity contribution in [3.8, 4) is 0 Å². The number of hydrogen-bond donors (Lipinski definition) is 4.